The Morgan fingerprint density at radius 1 is 1.13 bits per heavy atom. The lowest BCUT2D eigenvalue weighted by molar-refractivity contribution is -0.140. The molecular formula is C22H26ClFN4O2. The van der Waals surface area contributed by atoms with Gasteiger partial charge in [-0.05, 0) is 48.7 Å². The van der Waals surface area contributed by atoms with Crippen molar-refractivity contribution in [1.82, 2.24) is 20.1 Å². The summed E-state index contributed by atoms with van der Waals surface area (Å²) >= 11 is 0. The van der Waals surface area contributed by atoms with Crippen LogP contribution >= 0.6 is 12.4 Å². The van der Waals surface area contributed by atoms with Gasteiger partial charge in [0.05, 0.1) is 12.0 Å². The van der Waals surface area contributed by atoms with Crippen LogP contribution in [0.25, 0.3) is 0 Å². The number of nitrogens with one attached hydrogen (secondary N) is 1. The second-order valence-corrected chi connectivity index (χ2v) is 7.64. The van der Waals surface area contributed by atoms with Gasteiger partial charge in [0.1, 0.15) is 5.82 Å². The van der Waals surface area contributed by atoms with E-state index < -0.39 is 0 Å². The molecule has 160 valence electrons. The summed E-state index contributed by atoms with van der Waals surface area (Å²) in [5.41, 5.74) is 1.47. The molecule has 1 aromatic heterocycles. The van der Waals surface area contributed by atoms with E-state index in [2.05, 4.69) is 10.3 Å². The number of nitrogens with zero attached hydrogens (tertiary/aromatic N) is 3. The van der Waals surface area contributed by atoms with Crippen molar-refractivity contribution in [2.75, 3.05) is 32.7 Å². The van der Waals surface area contributed by atoms with Gasteiger partial charge in [-0.25, -0.2) is 4.39 Å². The number of carbonyl (C=O) groups is 2. The molecule has 8 heteroatoms. The molecule has 2 atom stereocenters. The normalized spacial score (nSPS) is 21.6. The van der Waals surface area contributed by atoms with Gasteiger partial charge in [-0.2, -0.15) is 0 Å². The quantitative estimate of drug-likeness (QED) is 0.809. The van der Waals surface area contributed by atoms with E-state index in [-0.39, 0.29) is 42.0 Å². The van der Waals surface area contributed by atoms with Crippen molar-refractivity contribution in [3.05, 3.63) is 65.7 Å². The van der Waals surface area contributed by atoms with Gasteiger partial charge in [-0.3, -0.25) is 14.6 Å². The highest BCUT2D eigenvalue weighted by atomic mass is 35.5. The summed E-state index contributed by atoms with van der Waals surface area (Å²) < 4.78 is 13.2. The lowest BCUT2D eigenvalue weighted by Gasteiger charge is -2.40. The smallest absolute Gasteiger partial charge is 0.253 e. The third kappa shape index (κ3) is 4.79. The van der Waals surface area contributed by atoms with Crippen molar-refractivity contribution in [2.45, 2.75) is 18.9 Å². The Bertz CT molecular complexity index is 865. The van der Waals surface area contributed by atoms with E-state index in [1.54, 1.807) is 11.1 Å². The molecule has 4 rings (SSSR count). The van der Waals surface area contributed by atoms with Crippen molar-refractivity contribution in [1.29, 1.82) is 0 Å². The van der Waals surface area contributed by atoms with Crippen molar-refractivity contribution in [3.8, 4) is 0 Å². The fraction of sp³-hybridized carbons (Fsp3) is 0.409. The van der Waals surface area contributed by atoms with Crippen LogP contribution in [-0.4, -0.2) is 59.3 Å². The van der Waals surface area contributed by atoms with Crippen molar-refractivity contribution in [3.63, 3.8) is 0 Å². The Morgan fingerprint density at radius 2 is 1.93 bits per heavy atom. The van der Waals surface area contributed by atoms with Crippen LogP contribution in [0.2, 0.25) is 0 Å². The van der Waals surface area contributed by atoms with E-state index in [1.807, 2.05) is 23.2 Å². The molecular weight excluding hydrogens is 407 g/mol. The highest BCUT2D eigenvalue weighted by Crippen LogP contribution is 2.27. The van der Waals surface area contributed by atoms with E-state index in [4.69, 9.17) is 0 Å². The number of hydrogen-bond acceptors (Lipinski definition) is 4. The number of rotatable bonds is 3. The average molecular weight is 433 g/mol. The molecule has 2 aliphatic heterocycles. The molecule has 2 amide bonds. The lowest BCUT2D eigenvalue weighted by atomic mass is 9.94. The zero-order valence-electron chi connectivity index (χ0n) is 16.7. The summed E-state index contributed by atoms with van der Waals surface area (Å²) in [5, 5.41) is 3.36. The van der Waals surface area contributed by atoms with E-state index in [0.717, 1.165) is 24.9 Å². The van der Waals surface area contributed by atoms with Gasteiger partial charge in [0, 0.05) is 50.7 Å². The molecule has 1 aromatic carbocycles. The summed E-state index contributed by atoms with van der Waals surface area (Å²) in [6, 6.07) is 9.41. The molecule has 6 nitrogen and oxygen atoms in total. The molecule has 2 unspecified atom stereocenters. The number of carbonyl (C=O) groups excluding carboxylic acids is 2. The third-order valence-electron chi connectivity index (χ3n) is 5.74. The van der Waals surface area contributed by atoms with Crippen LogP contribution in [-0.2, 0) is 4.79 Å². The third-order valence-corrected chi connectivity index (χ3v) is 5.74. The van der Waals surface area contributed by atoms with E-state index in [1.165, 1.54) is 24.3 Å². The predicted octanol–water partition coefficient (Wildman–Crippen LogP) is 2.67. The van der Waals surface area contributed by atoms with E-state index in [0.29, 0.717) is 31.7 Å². The Labute approximate surface area is 181 Å². The molecule has 30 heavy (non-hydrogen) atoms. The van der Waals surface area contributed by atoms with Gasteiger partial charge in [0.25, 0.3) is 5.91 Å². The Kier molecular flexibility index (Phi) is 7.39. The van der Waals surface area contributed by atoms with Crippen LogP contribution in [0.1, 0.15) is 34.8 Å². The molecule has 0 saturated carbocycles. The second kappa shape index (κ2) is 10.00. The number of piperazine rings is 1. The molecule has 2 fully saturated rings. The maximum atomic E-state index is 13.4. The molecule has 2 saturated heterocycles. The molecule has 0 aliphatic carbocycles. The van der Waals surface area contributed by atoms with Crippen LogP contribution in [0.3, 0.4) is 0 Å². The highest BCUT2D eigenvalue weighted by Gasteiger charge is 2.35. The van der Waals surface area contributed by atoms with Gasteiger partial charge < -0.3 is 15.1 Å². The standard InChI is InChI=1S/C22H25FN4O2.ClH/c23-19-7-5-16(6-8-19)21(28)26-11-2-4-18(15-26)22(29)27-12-10-25-14-20(27)17-3-1-9-24-13-17;/h1,3,5-9,13,18,20,25H,2,4,10-12,14-15H2;1H. The van der Waals surface area contributed by atoms with Crippen molar-refractivity contribution >= 4 is 24.2 Å². The first-order valence-corrected chi connectivity index (χ1v) is 10.1. The summed E-state index contributed by atoms with van der Waals surface area (Å²) in [7, 11) is 0. The second-order valence-electron chi connectivity index (χ2n) is 7.64. The van der Waals surface area contributed by atoms with Crippen LogP contribution < -0.4 is 5.32 Å². The van der Waals surface area contributed by atoms with Crippen molar-refractivity contribution < 1.29 is 14.0 Å². The van der Waals surface area contributed by atoms with Crippen LogP contribution in [0.15, 0.2) is 48.8 Å². The number of amides is 2. The summed E-state index contributed by atoms with van der Waals surface area (Å²) in [6.07, 6.45) is 5.10. The SMILES string of the molecule is Cl.O=C(c1ccc(F)cc1)N1CCCC(C(=O)N2CCNCC2c2cccnc2)C1. The first-order valence-electron chi connectivity index (χ1n) is 10.1. The number of pyridine rings is 1. The number of benzene rings is 1. The number of hydrogen-bond donors (Lipinski definition) is 1. The summed E-state index contributed by atoms with van der Waals surface area (Å²) in [6.45, 7) is 3.11. The van der Waals surface area contributed by atoms with E-state index in [9.17, 15) is 14.0 Å². The minimum atomic E-state index is -0.367. The van der Waals surface area contributed by atoms with E-state index >= 15 is 0 Å². The topological polar surface area (TPSA) is 65.5 Å². The van der Waals surface area contributed by atoms with Gasteiger partial charge in [0.2, 0.25) is 5.91 Å². The molecule has 0 radical (unpaired) electrons. The Hall–Kier alpha value is -2.51. The summed E-state index contributed by atoms with van der Waals surface area (Å²) in [4.78, 5) is 34.0. The number of piperidine rings is 1. The van der Waals surface area contributed by atoms with Gasteiger partial charge in [0.15, 0.2) is 0 Å². The van der Waals surface area contributed by atoms with Crippen LogP contribution in [0, 0.1) is 11.7 Å². The minimum absolute atomic E-state index is 0. The first kappa shape index (κ1) is 22.2. The molecule has 0 bridgehead atoms. The zero-order valence-corrected chi connectivity index (χ0v) is 17.5. The fourth-order valence-corrected chi connectivity index (χ4v) is 4.21. The number of likely N-dealkylation sites (tertiary alicyclic amines) is 1. The van der Waals surface area contributed by atoms with Gasteiger partial charge in [-0.1, -0.05) is 6.07 Å². The fourth-order valence-electron chi connectivity index (χ4n) is 4.21. The highest BCUT2D eigenvalue weighted by molar-refractivity contribution is 5.94. The van der Waals surface area contributed by atoms with Crippen LogP contribution in [0.5, 0.6) is 0 Å². The maximum Gasteiger partial charge on any atom is 0.253 e. The maximum absolute atomic E-state index is 13.4. The Morgan fingerprint density at radius 3 is 2.67 bits per heavy atom. The van der Waals surface area contributed by atoms with Crippen LogP contribution in [0.4, 0.5) is 4.39 Å². The molecule has 1 N–H and O–H groups in total. The zero-order chi connectivity index (χ0) is 20.2. The largest absolute Gasteiger partial charge is 0.338 e. The first-order chi connectivity index (χ1) is 14.1. The number of aromatic nitrogens is 1. The molecule has 2 aromatic rings. The predicted molar refractivity (Wildman–Crippen MR) is 114 cm³/mol. The molecule has 0 spiro atoms. The molecule has 2 aliphatic rings. The monoisotopic (exact) mass is 432 g/mol. The van der Waals surface area contributed by atoms with Gasteiger partial charge in [-0.15, -0.1) is 12.4 Å². The molecule has 3 heterocycles. The Balaban J connectivity index is 0.00000256. The summed E-state index contributed by atoms with van der Waals surface area (Å²) in [5.74, 6) is -0.637. The minimum Gasteiger partial charge on any atom is -0.338 e. The van der Waals surface area contributed by atoms with Crippen molar-refractivity contribution in [2.24, 2.45) is 5.92 Å². The van der Waals surface area contributed by atoms with Gasteiger partial charge >= 0.3 is 0 Å². The lowest BCUT2D eigenvalue weighted by Crippen LogP contribution is -2.53. The average Bonchev–Trinajstić information content (AvgIpc) is 2.79. The number of halogens is 2.